The third-order valence-corrected chi connectivity index (χ3v) is 2.41. The standard InChI is InChI=1S/C7H8O4.C6H11NO3/c1-4(6(8)9)3-5(2)7(10)11;1-5-4-7(2-3-8)6(9)10-5/h3H,1H2,2H3,(H,8,9)(H,10,11);5,8H,2-4H2,1H3. The van der Waals surface area contributed by atoms with Gasteiger partial charge in [0.05, 0.1) is 18.7 Å². The van der Waals surface area contributed by atoms with Gasteiger partial charge in [-0.3, -0.25) is 0 Å². The van der Waals surface area contributed by atoms with E-state index >= 15 is 0 Å². The second-order valence-electron chi connectivity index (χ2n) is 4.33. The van der Waals surface area contributed by atoms with Crippen molar-refractivity contribution in [3.8, 4) is 0 Å². The van der Waals surface area contributed by atoms with E-state index < -0.39 is 11.9 Å². The van der Waals surface area contributed by atoms with Gasteiger partial charge in [-0.05, 0) is 19.9 Å². The lowest BCUT2D eigenvalue weighted by Gasteiger charge is -2.08. The highest BCUT2D eigenvalue weighted by molar-refractivity contribution is 5.93. The average Bonchev–Trinajstić information content (AvgIpc) is 2.68. The summed E-state index contributed by atoms with van der Waals surface area (Å²) in [5.41, 5.74) is -0.276. The normalized spacial score (nSPS) is 17.7. The lowest BCUT2D eigenvalue weighted by molar-refractivity contribution is -0.132. The number of amides is 1. The van der Waals surface area contributed by atoms with E-state index in [2.05, 4.69) is 6.58 Å². The van der Waals surface area contributed by atoms with Crippen LogP contribution in [0.1, 0.15) is 13.8 Å². The third kappa shape index (κ3) is 7.11. The zero-order valence-electron chi connectivity index (χ0n) is 11.9. The molecule has 0 aromatic rings. The molecular weight excluding hydrogens is 282 g/mol. The number of cyclic esters (lactones) is 1. The Labute approximate surface area is 121 Å². The van der Waals surface area contributed by atoms with E-state index in [0.29, 0.717) is 13.1 Å². The molecule has 0 bridgehead atoms. The molecule has 1 aliphatic heterocycles. The Morgan fingerprint density at radius 1 is 1.43 bits per heavy atom. The van der Waals surface area contributed by atoms with Crippen LogP contribution in [0, 0.1) is 0 Å². The SMILES string of the molecule is C=C(C=C(C)C(=O)O)C(=O)O.CC1CN(CCO)C(=O)O1. The van der Waals surface area contributed by atoms with Crippen molar-refractivity contribution in [1.29, 1.82) is 0 Å². The minimum Gasteiger partial charge on any atom is -0.478 e. The summed E-state index contributed by atoms with van der Waals surface area (Å²) in [6.07, 6.45) is 0.658. The molecule has 0 aromatic heterocycles. The minimum atomic E-state index is -1.22. The van der Waals surface area contributed by atoms with Crippen LogP contribution in [0.25, 0.3) is 0 Å². The Morgan fingerprint density at radius 2 is 2.00 bits per heavy atom. The largest absolute Gasteiger partial charge is 0.478 e. The molecule has 1 fully saturated rings. The number of ether oxygens (including phenoxy) is 1. The molecule has 8 nitrogen and oxygen atoms in total. The molecule has 0 spiro atoms. The summed E-state index contributed by atoms with van der Waals surface area (Å²) in [6.45, 7) is 7.24. The fourth-order valence-corrected chi connectivity index (χ4v) is 1.36. The summed E-state index contributed by atoms with van der Waals surface area (Å²) in [4.78, 5) is 32.5. The highest BCUT2D eigenvalue weighted by Crippen LogP contribution is 2.08. The van der Waals surface area contributed by atoms with Crippen LogP contribution in [0.2, 0.25) is 0 Å². The molecule has 118 valence electrons. The fraction of sp³-hybridized carbons (Fsp3) is 0.462. The number of rotatable bonds is 5. The highest BCUT2D eigenvalue weighted by atomic mass is 16.6. The number of nitrogens with zero attached hydrogens (tertiary/aromatic N) is 1. The molecule has 0 saturated carbocycles. The number of aliphatic carboxylic acids is 2. The molecular formula is C13H19NO7. The van der Waals surface area contributed by atoms with E-state index in [1.54, 1.807) is 0 Å². The number of carboxylic acid groups (broad SMARTS) is 2. The number of aliphatic hydroxyl groups is 1. The first-order valence-electron chi connectivity index (χ1n) is 6.09. The van der Waals surface area contributed by atoms with Gasteiger partial charge in [0, 0.05) is 12.1 Å². The van der Waals surface area contributed by atoms with E-state index in [9.17, 15) is 14.4 Å². The van der Waals surface area contributed by atoms with Crippen LogP contribution in [-0.4, -0.2) is 64.1 Å². The summed E-state index contributed by atoms with van der Waals surface area (Å²) in [5, 5.41) is 25.1. The van der Waals surface area contributed by atoms with E-state index in [1.165, 1.54) is 11.8 Å². The molecule has 0 aromatic carbocycles. The Kier molecular flexibility index (Phi) is 7.77. The third-order valence-electron chi connectivity index (χ3n) is 2.41. The lowest BCUT2D eigenvalue weighted by Crippen LogP contribution is -2.27. The molecule has 3 N–H and O–H groups in total. The first-order valence-corrected chi connectivity index (χ1v) is 6.09. The number of hydrogen-bond acceptors (Lipinski definition) is 5. The van der Waals surface area contributed by atoms with E-state index in [4.69, 9.17) is 20.1 Å². The summed E-state index contributed by atoms with van der Waals surface area (Å²) in [6, 6.07) is 0. The van der Waals surface area contributed by atoms with Crippen molar-refractivity contribution in [2.75, 3.05) is 19.7 Å². The molecule has 0 radical (unpaired) electrons. The van der Waals surface area contributed by atoms with Crippen molar-refractivity contribution >= 4 is 18.0 Å². The topological polar surface area (TPSA) is 124 Å². The van der Waals surface area contributed by atoms with Crippen LogP contribution in [0.5, 0.6) is 0 Å². The van der Waals surface area contributed by atoms with Gasteiger partial charge in [0.25, 0.3) is 0 Å². The quantitative estimate of drug-likeness (QED) is 0.498. The molecule has 8 heteroatoms. The molecule has 1 heterocycles. The molecule has 1 amide bonds. The summed E-state index contributed by atoms with van der Waals surface area (Å²) < 4.78 is 4.80. The van der Waals surface area contributed by atoms with Gasteiger partial charge in [-0.1, -0.05) is 6.58 Å². The lowest BCUT2D eigenvalue weighted by atomic mass is 10.2. The number of aliphatic hydroxyl groups excluding tert-OH is 1. The monoisotopic (exact) mass is 301 g/mol. The average molecular weight is 301 g/mol. The number of carbonyl (C=O) groups is 3. The van der Waals surface area contributed by atoms with Gasteiger partial charge in [-0.25, -0.2) is 14.4 Å². The Morgan fingerprint density at radius 3 is 2.33 bits per heavy atom. The van der Waals surface area contributed by atoms with E-state index in [-0.39, 0.29) is 30.0 Å². The van der Waals surface area contributed by atoms with Gasteiger partial charge < -0.3 is 25.0 Å². The maximum Gasteiger partial charge on any atom is 0.410 e. The zero-order valence-corrected chi connectivity index (χ0v) is 11.9. The van der Waals surface area contributed by atoms with Crippen LogP contribution >= 0.6 is 0 Å². The number of hydrogen-bond donors (Lipinski definition) is 3. The van der Waals surface area contributed by atoms with Crippen molar-refractivity contribution < 1.29 is 34.4 Å². The van der Waals surface area contributed by atoms with Crippen molar-refractivity contribution in [3.63, 3.8) is 0 Å². The summed E-state index contributed by atoms with van der Waals surface area (Å²) in [7, 11) is 0. The molecule has 1 rings (SSSR count). The van der Waals surface area contributed by atoms with E-state index in [1.807, 2.05) is 6.92 Å². The first kappa shape index (κ1) is 18.7. The van der Waals surface area contributed by atoms with Crippen molar-refractivity contribution in [2.24, 2.45) is 0 Å². The number of carboxylic acids is 2. The fourth-order valence-electron chi connectivity index (χ4n) is 1.36. The van der Waals surface area contributed by atoms with E-state index in [0.717, 1.165) is 6.08 Å². The number of β-amino-alcohol motifs (C(OH)–C–C–N with tert-alkyl or cyclic N) is 1. The molecule has 1 atom stereocenters. The maximum absolute atomic E-state index is 10.8. The van der Waals surface area contributed by atoms with Crippen molar-refractivity contribution in [2.45, 2.75) is 20.0 Å². The Balaban J connectivity index is 0.000000382. The van der Waals surface area contributed by atoms with Crippen LogP contribution in [-0.2, 0) is 14.3 Å². The summed E-state index contributed by atoms with van der Waals surface area (Å²) in [5.74, 6) is -2.36. The minimum absolute atomic E-state index is 0.00181. The van der Waals surface area contributed by atoms with Crippen molar-refractivity contribution in [3.05, 3.63) is 23.8 Å². The van der Waals surface area contributed by atoms with Crippen LogP contribution in [0.4, 0.5) is 4.79 Å². The Hall–Kier alpha value is -2.35. The predicted molar refractivity (Wildman–Crippen MR) is 72.8 cm³/mol. The first-order chi connectivity index (χ1) is 9.68. The van der Waals surface area contributed by atoms with Gasteiger partial charge in [-0.2, -0.15) is 0 Å². The molecule has 0 aliphatic carbocycles. The highest BCUT2D eigenvalue weighted by Gasteiger charge is 2.26. The maximum atomic E-state index is 10.8. The van der Waals surface area contributed by atoms with Gasteiger partial charge in [0.1, 0.15) is 6.10 Å². The predicted octanol–water partition coefficient (Wildman–Crippen LogP) is 0.478. The smallest absolute Gasteiger partial charge is 0.410 e. The molecule has 21 heavy (non-hydrogen) atoms. The van der Waals surface area contributed by atoms with Gasteiger partial charge in [0.2, 0.25) is 0 Å². The number of carbonyl (C=O) groups excluding carboxylic acids is 1. The molecule has 1 aliphatic rings. The second-order valence-corrected chi connectivity index (χ2v) is 4.33. The van der Waals surface area contributed by atoms with Gasteiger partial charge >= 0.3 is 18.0 Å². The molecule has 1 unspecified atom stereocenters. The second kappa shape index (κ2) is 8.75. The zero-order chi connectivity index (χ0) is 16.6. The van der Waals surface area contributed by atoms with Crippen LogP contribution < -0.4 is 0 Å². The van der Waals surface area contributed by atoms with Gasteiger partial charge in [-0.15, -0.1) is 0 Å². The Bertz CT molecular complexity index is 455. The van der Waals surface area contributed by atoms with Crippen molar-refractivity contribution in [1.82, 2.24) is 4.90 Å². The van der Waals surface area contributed by atoms with Crippen LogP contribution in [0.15, 0.2) is 23.8 Å². The van der Waals surface area contributed by atoms with Gasteiger partial charge in [0.15, 0.2) is 0 Å². The molecule has 1 saturated heterocycles. The van der Waals surface area contributed by atoms with Crippen LogP contribution in [0.3, 0.4) is 0 Å². The summed E-state index contributed by atoms with van der Waals surface area (Å²) >= 11 is 0.